The van der Waals surface area contributed by atoms with Crippen molar-refractivity contribution in [3.05, 3.63) is 34.9 Å². The minimum absolute atomic E-state index is 0.0713. The molecule has 24 heavy (non-hydrogen) atoms. The summed E-state index contributed by atoms with van der Waals surface area (Å²) in [5.74, 6) is -0.605. The molecule has 2 aliphatic rings. The van der Waals surface area contributed by atoms with Crippen LogP contribution in [0.4, 0.5) is 0 Å². The zero-order chi connectivity index (χ0) is 17.1. The Bertz CT molecular complexity index is 665. The number of amides is 3. The summed E-state index contributed by atoms with van der Waals surface area (Å²) in [4.78, 5) is 37.7. The van der Waals surface area contributed by atoms with Crippen LogP contribution in [-0.2, 0) is 9.53 Å². The molecule has 6 nitrogen and oxygen atoms in total. The summed E-state index contributed by atoms with van der Waals surface area (Å²) in [5, 5.41) is 2.84. The topological polar surface area (TPSA) is 75.7 Å². The molecule has 1 aromatic carbocycles. The van der Waals surface area contributed by atoms with Crippen molar-refractivity contribution < 1.29 is 19.1 Å². The third-order valence-corrected chi connectivity index (χ3v) is 4.46. The van der Waals surface area contributed by atoms with E-state index in [2.05, 4.69) is 5.32 Å². The highest BCUT2D eigenvalue weighted by atomic mass is 16.5. The van der Waals surface area contributed by atoms with Crippen LogP contribution in [0.1, 0.15) is 52.0 Å². The number of nitrogens with one attached hydrogen (secondary N) is 1. The molecule has 6 heteroatoms. The second-order valence-electron chi connectivity index (χ2n) is 6.35. The number of carbonyl (C=O) groups is 3. The van der Waals surface area contributed by atoms with Gasteiger partial charge in [-0.15, -0.1) is 0 Å². The number of nitrogens with zero attached hydrogens (tertiary/aromatic N) is 1. The second-order valence-corrected chi connectivity index (χ2v) is 6.35. The molecule has 0 bridgehead atoms. The first-order chi connectivity index (χ1) is 11.6. The van der Waals surface area contributed by atoms with Crippen molar-refractivity contribution >= 4 is 17.7 Å². The molecule has 1 aromatic rings. The summed E-state index contributed by atoms with van der Waals surface area (Å²) in [6.07, 6.45) is 2.89. The predicted molar refractivity (Wildman–Crippen MR) is 87.8 cm³/mol. The molecule has 1 saturated heterocycles. The first kappa shape index (κ1) is 16.6. The fourth-order valence-electron chi connectivity index (χ4n) is 3.13. The summed E-state index contributed by atoms with van der Waals surface area (Å²) in [5.41, 5.74) is 1.86. The molecule has 0 aromatic heterocycles. The third-order valence-electron chi connectivity index (χ3n) is 4.46. The lowest BCUT2D eigenvalue weighted by Crippen LogP contribution is -2.34. The van der Waals surface area contributed by atoms with Crippen molar-refractivity contribution in [3.63, 3.8) is 0 Å². The Morgan fingerprint density at radius 1 is 1.29 bits per heavy atom. The molecule has 0 aliphatic carbocycles. The van der Waals surface area contributed by atoms with Crippen molar-refractivity contribution in [2.75, 3.05) is 19.7 Å². The molecule has 3 amide bonds. The van der Waals surface area contributed by atoms with E-state index in [4.69, 9.17) is 4.74 Å². The van der Waals surface area contributed by atoms with Crippen molar-refractivity contribution in [2.24, 2.45) is 0 Å². The molecule has 2 heterocycles. The van der Waals surface area contributed by atoms with Gasteiger partial charge in [0.2, 0.25) is 5.91 Å². The first-order valence-electron chi connectivity index (χ1n) is 8.41. The van der Waals surface area contributed by atoms with Gasteiger partial charge in [0, 0.05) is 26.1 Å². The average molecular weight is 330 g/mol. The molecule has 3 rings (SSSR count). The molecule has 0 saturated carbocycles. The maximum absolute atomic E-state index is 12.3. The quantitative estimate of drug-likeness (QED) is 0.805. The largest absolute Gasteiger partial charge is 0.376 e. The number of carbonyl (C=O) groups excluding carboxylic acids is 3. The lowest BCUT2D eigenvalue weighted by Gasteiger charge is -2.14. The first-order valence-corrected chi connectivity index (χ1v) is 8.41. The number of benzene rings is 1. The highest BCUT2D eigenvalue weighted by Gasteiger charge is 2.34. The number of fused-ring (bicyclic) bond motifs is 1. The Balaban J connectivity index is 1.46. The normalized spacial score (nSPS) is 19.7. The molecule has 128 valence electrons. The number of hydrogen-bond donors (Lipinski definition) is 1. The van der Waals surface area contributed by atoms with Gasteiger partial charge in [0.1, 0.15) is 0 Å². The smallest absolute Gasteiger partial charge is 0.261 e. The standard InChI is InChI=1S/C18H22N2O4/c1-12-6-7-14-15(10-12)18(23)20(17(14)22)8-2-5-16(21)19-11-13-4-3-9-24-13/h6-7,10,13H,2-5,8-9,11H2,1H3,(H,19,21)/t13-/m0/s1. The minimum Gasteiger partial charge on any atom is -0.376 e. The Morgan fingerprint density at radius 2 is 2.08 bits per heavy atom. The Kier molecular flexibility index (Phi) is 4.94. The van der Waals surface area contributed by atoms with Gasteiger partial charge in [0.05, 0.1) is 17.2 Å². The van der Waals surface area contributed by atoms with Crippen molar-refractivity contribution in [2.45, 2.75) is 38.7 Å². The van der Waals surface area contributed by atoms with Gasteiger partial charge in [0.15, 0.2) is 0 Å². The second kappa shape index (κ2) is 7.13. The van der Waals surface area contributed by atoms with Gasteiger partial charge < -0.3 is 10.1 Å². The van der Waals surface area contributed by atoms with Crippen LogP contribution < -0.4 is 5.32 Å². The molecular formula is C18H22N2O4. The maximum Gasteiger partial charge on any atom is 0.261 e. The van der Waals surface area contributed by atoms with Crippen molar-refractivity contribution in [3.8, 4) is 0 Å². The van der Waals surface area contributed by atoms with Crippen LogP contribution in [0.15, 0.2) is 18.2 Å². The molecule has 1 fully saturated rings. The molecular weight excluding hydrogens is 308 g/mol. The van der Waals surface area contributed by atoms with Gasteiger partial charge in [0.25, 0.3) is 11.8 Å². The van der Waals surface area contributed by atoms with Crippen LogP contribution in [0, 0.1) is 6.92 Å². The monoisotopic (exact) mass is 330 g/mol. The van der Waals surface area contributed by atoms with Gasteiger partial charge >= 0.3 is 0 Å². The van der Waals surface area contributed by atoms with Gasteiger partial charge in [-0.05, 0) is 38.3 Å². The van der Waals surface area contributed by atoms with E-state index >= 15 is 0 Å². The molecule has 1 N–H and O–H groups in total. The van der Waals surface area contributed by atoms with Gasteiger partial charge in [-0.3, -0.25) is 19.3 Å². The van der Waals surface area contributed by atoms with Crippen LogP contribution in [0.3, 0.4) is 0 Å². The Morgan fingerprint density at radius 3 is 2.83 bits per heavy atom. The van der Waals surface area contributed by atoms with E-state index in [-0.39, 0.29) is 30.4 Å². The lowest BCUT2D eigenvalue weighted by molar-refractivity contribution is -0.121. The van der Waals surface area contributed by atoms with Crippen molar-refractivity contribution in [1.82, 2.24) is 10.2 Å². The SMILES string of the molecule is Cc1ccc2c(c1)C(=O)N(CCCC(=O)NC[C@@H]1CCCO1)C2=O. The van der Waals surface area contributed by atoms with E-state index in [9.17, 15) is 14.4 Å². The van der Waals surface area contributed by atoms with E-state index in [1.54, 1.807) is 12.1 Å². The number of hydrogen-bond acceptors (Lipinski definition) is 4. The third kappa shape index (κ3) is 3.48. The van der Waals surface area contributed by atoms with Gasteiger partial charge in [-0.2, -0.15) is 0 Å². The van der Waals surface area contributed by atoms with Gasteiger partial charge in [-0.1, -0.05) is 11.6 Å². The molecule has 0 radical (unpaired) electrons. The summed E-state index contributed by atoms with van der Waals surface area (Å²) in [7, 11) is 0. The van der Waals surface area contributed by atoms with Crippen LogP contribution in [-0.4, -0.2) is 48.4 Å². The van der Waals surface area contributed by atoms with E-state index < -0.39 is 0 Å². The lowest BCUT2D eigenvalue weighted by atomic mass is 10.1. The van der Waals surface area contributed by atoms with Crippen LogP contribution in [0.25, 0.3) is 0 Å². The minimum atomic E-state index is -0.269. The summed E-state index contributed by atoms with van der Waals surface area (Å²) >= 11 is 0. The highest BCUT2D eigenvalue weighted by molar-refractivity contribution is 6.21. The molecule has 1 atom stereocenters. The van der Waals surface area contributed by atoms with Crippen LogP contribution >= 0.6 is 0 Å². The summed E-state index contributed by atoms with van der Waals surface area (Å²) in [6, 6.07) is 5.26. The molecule has 2 aliphatic heterocycles. The van der Waals surface area contributed by atoms with Crippen molar-refractivity contribution in [1.29, 1.82) is 0 Å². The predicted octanol–water partition coefficient (Wildman–Crippen LogP) is 1.67. The zero-order valence-corrected chi connectivity index (χ0v) is 13.8. The zero-order valence-electron chi connectivity index (χ0n) is 13.8. The number of aryl methyl sites for hydroxylation is 1. The summed E-state index contributed by atoms with van der Waals surface area (Å²) in [6.45, 7) is 3.45. The van der Waals surface area contributed by atoms with E-state index in [1.165, 1.54) is 4.90 Å². The summed E-state index contributed by atoms with van der Waals surface area (Å²) < 4.78 is 5.45. The van der Waals surface area contributed by atoms with E-state index in [0.29, 0.717) is 30.5 Å². The van der Waals surface area contributed by atoms with Crippen LogP contribution in [0.2, 0.25) is 0 Å². The maximum atomic E-state index is 12.3. The highest BCUT2D eigenvalue weighted by Crippen LogP contribution is 2.24. The van der Waals surface area contributed by atoms with Crippen LogP contribution in [0.5, 0.6) is 0 Å². The van der Waals surface area contributed by atoms with E-state index in [1.807, 2.05) is 13.0 Å². The van der Waals surface area contributed by atoms with E-state index in [0.717, 1.165) is 25.0 Å². The molecule has 0 spiro atoms. The number of rotatable bonds is 6. The number of ether oxygens (including phenoxy) is 1. The fraction of sp³-hybridized carbons (Fsp3) is 0.500. The number of imide groups is 1. The fourth-order valence-corrected chi connectivity index (χ4v) is 3.13. The Hall–Kier alpha value is -2.21. The van der Waals surface area contributed by atoms with Gasteiger partial charge in [-0.25, -0.2) is 0 Å². The Labute approximate surface area is 141 Å². The molecule has 0 unspecified atom stereocenters. The average Bonchev–Trinajstić information content (AvgIpc) is 3.16.